The molecule has 1 N–H and O–H groups in total. The molecule has 0 aliphatic heterocycles. The van der Waals surface area contributed by atoms with E-state index in [1.54, 1.807) is 4.68 Å². The van der Waals surface area contributed by atoms with E-state index in [0.717, 1.165) is 35.5 Å². The normalized spacial score (nSPS) is 12.8. The van der Waals surface area contributed by atoms with Gasteiger partial charge in [0.25, 0.3) is 0 Å². The highest BCUT2D eigenvalue weighted by molar-refractivity contribution is 5.29. The van der Waals surface area contributed by atoms with Crippen LogP contribution in [-0.4, -0.2) is 29.9 Å². The predicted octanol–water partition coefficient (Wildman–Crippen LogP) is 1.63. The topological polar surface area (TPSA) is 68.8 Å². The van der Waals surface area contributed by atoms with Crippen LogP contribution in [0, 0.1) is 0 Å². The summed E-state index contributed by atoms with van der Waals surface area (Å²) in [5, 5.41) is 23.0. The van der Waals surface area contributed by atoms with Gasteiger partial charge in [0.2, 0.25) is 0 Å². The Labute approximate surface area is 119 Å². The van der Waals surface area contributed by atoms with Crippen molar-refractivity contribution in [3.05, 3.63) is 28.8 Å². The highest BCUT2D eigenvalue weighted by Gasteiger charge is 2.21. The fraction of sp³-hybridized carbons (Fsp3) is 0.643. The lowest BCUT2D eigenvalue weighted by molar-refractivity contribution is 0.171. The minimum atomic E-state index is -0.435. The van der Waals surface area contributed by atoms with Crippen LogP contribution in [0.15, 0.2) is 6.20 Å². The van der Waals surface area contributed by atoms with Crippen molar-refractivity contribution >= 4 is 0 Å². The van der Waals surface area contributed by atoms with Crippen LogP contribution >= 0.6 is 0 Å². The second-order valence-corrected chi connectivity index (χ2v) is 4.98. The van der Waals surface area contributed by atoms with Crippen molar-refractivity contribution < 1.29 is 5.11 Å². The third-order valence-corrected chi connectivity index (χ3v) is 3.53. The number of hydrogen-bond acceptors (Lipinski definition) is 4. The standard InChI is InChI=1S/C14H23N5O/c1-5-11-14(13(20)7-3)12(6-2)19(16-11)9-10-8-18(4)17-15-10/h8,13,20H,5-7,9H2,1-4H3. The van der Waals surface area contributed by atoms with Crippen LogP contribution in [-0.2, 0) is 26.4 Å². The maximum absolute atomic E-state index is 10.3. The number of hydrogen-bond donors (Lipinski definition) is 1. The van der Waals surface area contributed by atoms with Gasteiger partial charge in [0, 0.05) is 24.5 Å². The quantitative estimate of drug-likeness (QED) is 0.871. The van der Waals surface area contributed by atoms with Crippen molar-refractivity contribution in [2.45, 2.75) is 52.7 Å². The van der Waals surface area contributed by atoms with Crippen LogP contribution in [0.4, 0.5) is 0 Å². The zero-order chi connectivity index (χ0) is 14.7. The van der Waals surface area contributed by atoms with Crippen molar-refractivity contribution in [3.63, 3.8) is 0 Å². The van der Waals surface area contributed by atoms with Gasteiger partial charge in [-0.1, -0.05) is 26.0 Å². The SMILES string of the molecule is CCc1nn(Cc2cn(C)nn2)c(CC)c1C(O)CC. The van der Waals surface area contributed by atoms with Gasteiger partial charge in [-0.25, -0.2) is 0 Å². The summed E-state index contributed by atoms with van der Waals surface area (Å²) in [5.41, 5.74) is 3.97. The first-order valence-electron chi connectivity index (χ1n) is 7.22. The third-order valence-electron chi connectivity index (χ3n) is 3.53. The molecular formula is C14H23N5O. The van der Waals surface area contributed by atoms with Gasteiger partial charge in [-0.15, -0.1) is 5.10 Å². The molecule has 0 aliphatic rings. The summed E-state index contributed by atoms with van der Waals surface area (Å²) in [6.45, 7) is 6.75. The molecule has 0 bridgehead atoms. The van der Waals surface area contributed by atoms with Crippen molar-refractivity contribution in [1.82, 2.24) is 24.8 Å². The summed E-state index contributed by atoms with van der Waals surface area (Å²) in [7, 11) is 1.85. The molecular weight excluding hydrogens is 254 g/mol. The van der Waals surface area contributed by atoms with E-state index in [9.17, 15) is 5.11 Å². The van der Waals surface area contributed by atoms with Crippen LogP contribution in [0.1, 0.15) is 55.9 Å². The van der Waals surface area contributed by atoms with Gasteiger partial charge < -0.3 is 5.11 Å². The Morgan fingerprint density at radius 3 is 2.50 bits per heavy atom. The van der Waals surface area contributed by atoms with Crippen LogP contribution in [0.5, 0.6) is 0 Å². The van der Waals surface area contributed by atoms with E-state index in [0.29, 0.717) is 13.0 Å². The molecule has 1 atom stereocenters. The van der Waals surface area contributed by atoms with Crippen molar-refractivity contribution in [2.75, 3.05) is 0 Å². The lowest BCUT2D eigenvalue weighted by Gasteiger charge is -2.11. The maximum atomic E-state index is 10.3. The molecule has 6 nitrogen and oxygen atoms in total. The molecule has 0 amide bonds. The van der Waals surface area contributed by atoms with E-state index in [-0.39, 0.29) is 0 Å². The Morgan fingerprint density at radius 1 is 1.25 bits per heavy atom. The fourth-order valence-corrected chi connectivity index (χ4v) is 2.54. The van der Waals surface area contributed by atoms with Crippen molar-refractivity contribution in [1.29, 1.82) is 0 Å². The van der Waals surface area contributed by atoms with Gasteiger partial charge >= 0.3 is 0 Å². The second kappa shape index (κ2) is 6.17. The summed E-state index contributed by atoms with van der Waals surface area (Å²) in [5.74, 6) is 0. The largest absolute Gasteiger partial charge is 0.388 e. The Hall–Kier alpha value is -1.69. The first-order valence-corrected chi connectivity index (χ1v) is 7.22. The Morgan fingerprint density at radius 2 is 2.00 bits per heavy atom. The average molecular weight is 277 g/mol. The molecule has 6 heteroatoms. The minimum absolute atomic E-state index is 0.435. The van der Waals surface area contributed by atoms with Gasteiger partial charge in [0.05, 0.1) is 18.3 Å². The fourth-order valence-electron chi connectivity index (χ4n) is 2.54. The van der Waals surface area contributed by atoms with Gasteiger partial charge in [0.15, 0.2) is 0 Å². The van der Waals surface area contributed by atoms with Gasteiger partial charge in [-0.2, -0.15) is 5.10 Å². The highest BCUT2D eigenvalue weighted by atomic mass is 16.3. The van der Waals surface area contributed by atoms with Crippen LogP contribution in [0.3, 0.4) is 0 Å². The highest BCUT2D eigenvalue weighted by Crippen LogP contribution is 2.26. The molecule has 0 radical (unpaired) electrons. The predicted molar refractivity (Wildman–Crippen MR) is 76.3 cm³/mol. The lowest BCUT2D eigenvalue weighted by Crippen LogP contribution is -2.08. The summed E-state index contributed by atoms with van der Waals surface area (Å²) >= 11 is 0. The minimum Gasteiger partial charge on any atom is -0.388 e. The number of aryl methyl sites for hydroxylation is 2. The van der Waals surface area contributed by atoms with Crippen molar-refractivity contribution in [3.8, 4) is 0 Å². The van der Waals surface area contributed by atoms with Crippen LogP contribution in [0.2, 0.25) is 0 Å². The molecule has 0 fully saturated rings. The number of rotatable bonds is 6. The molecule has 0 aliphatic carbocycles. The monoisotopic (exact) mass is 277 g/mol. The molecule has 0 aromatic carbocycles. The molecule has 0 saturated heterocycles. The molecule has 20 heavy (non-hydrogen) atoms. The molecule has 2 heterocycles. The van der Waals surface area contributed by atoms with Crippen LogP contribution < -0.4 is 0 Å². The van der Waals surface area contributed by atoms with Gasteiger partial charge in [0.1, 0.15) is 5.69 Å². The number of aliphatic hydroxyl groups is 1. The Kier molecular flexibility index (Phi) is 4.54. The molecule has 2 aromatic rings. The average Bonchev–Trinajstić information content (AvgIpc) is 3.01. The first kappa shape index (κ1) is 14.7. The van der Waals surface area contributed by atoms with Gasteiger partial charge in [-0.3, -0.25) is 9.36 Å². The summed E-state index contributed by atoms with van der Waals surface area (Å²) < 4.78 is 3.64. The number of aromatic nitrogens is 5. The summed E-state index contributed by atoms with van der Waals surface area (Å²) in [6, 6.07) is 0. The van der Waals surface area contributed by atoms with E-state index < -0.39 is 6.10 Å². The van der Waals surface area contributed by atoms with Gasteiger partial charge in [-0.05, 0) is 19.3 Å². The number of nitrogens with zero attached hydrogens (tertiary/aromatic N) is 5. The van der Waals surface area contributed by atoms with Crippen molar-refractivity contribution in [2.24, 2.45) is 7.05 Å². The molecule has 2 aromatic heterocycles. The number of aliphatic hydroxyl groups excluding tert-OH is 1. The summed E-state index contributed by atoms with van der Waals surface area (Å²) in [6.07, 6.45) is 3.84. The smallest absolute Gasteiger partial charge is 0.104 e. The lowest BCUT2D eigenvalue weighted by atomic mass is 10.0. The zero-order valence-electron chi connectivity index (χ0n) is 12.7. The molecule has 0 saturated carbocycles. The molecule has 1 unspecified atom stereocenters. The van der Waals surface area contributed by atoms with E-state index in [1.807, 2.05) is 24.9 Å². The Balaban J connectivity index is 2.40. The Bertz CT molecular complexity index is 572. The maximum Gasteiger partial charge on any atom is 0.104 e. The van der Waals surface area contributed by atoms with E-state index in [1.165, 1.54) is 0 Å². The van der Waals surface area contributed by atoms with Crippen LogP contribution in [0.25, 0.3) is 0 Å². The molecule has 110 valence electrons. The summed E-state index contributed by atoms with van der Waals surface area (Å²) in [4.78, 5) is 0. The first-order chi connectivity index (χ1) is 9.60. The van der Waals surface area contributed by atoms with E-state index in [4.69, 9.17) is 0 Å². The van der Waals surface area contributed by atoms with E-state index >= 15 is 0 Å². The molecule has 0 spiro atoms. The zero-order valence-corrected chi connectivity index (χ0v) is 12.7. The molecule has 2 rings (SSSR count). The van der Waals surface area contributed by atoms with E-state index in [2.05, 4.69) is 29.3 Å². The second-order valence-electron chi connectivity index (χ2n) is 4.98. The third kappa shape index (κ3) is 2.75.